The number of amides is 1. The van der Waals surface area contributed by atoms with Crippen LogP contribution < -0.4 is 10.6 Å². The maximum atomic E-state index is 12.2. The number of carbonyl (C=O) groups is 1. The lowest BCUT2D eigenvalue weighted by atomic mass is 10.2. The Hall–Kier alpha value is -1.70. The molecule has 0 fully saturated rings. The van der Waals surface area contributed by atoms with Crippen LogP contribution in [0.4, 0.5) is 0 Å². The van der Waals surface area contributed by atoms with Crippen LogP contribution in [-0.4, -0.2) is 49.0 Å². The van der Waals surface area contributed by atoms with Crippen LogP contribution in [0.25, 0.3) is 5.69 Å². The third kappa shape index (κ3) is 4.89. The summed E-state index contributed by atoms with van der Waals surface area (Å²) in [5, 5.41) is 10.4. The number of nitrogens with one attached hydrogen (secondary N) is 2. The molecule has 1 heterocycles. The summed E-state index contributed by atoms with van der Waals surface area (Å²) in [4.78, 5) is 12.2. The van der Waals surface area contributed by atoms with Crippen LogP contribution in [0.5, 0.6) is 0 Å². The summed E-state index contributed by atoms with van der Waals surface area (Å²) < 4.78 is 7.71. The lowest BCUT2D eigenvalue weighted by Gasteiger charge is -2.07. The van der Waals surface area contributed by atoms with Crippen molar-refractivity contribution in [1.82, 2.24) is 20.4 Å². The van der Waals surface area contributed by atoms with Gasteiger partial charge in [-0.1, -0.05) is 15.9 Å². The van der Waals surface area contributed by atoms with E-state index in [9.17, 15) is 4.79 Å². The Morgan fingerprint density at radius 2 is 2.00 bits per heavy atom. The van der Waals surface area contributed by atoms with Crippen molar-refractivity contribution in [2.24, 2.45) is 0 Å². The smallest absolute Gasteiger partial charge is 0.254 e. The number of ether oxygens (including phenoxy) is 1. The largest absolute Gasteiger partial charge is 0.383 e. The predicted molar refractivity (Wildman–Crippen MR) is 93.1 cm³/mol. The van der Waals surface area contributed by atoms with Gasteiger partial charge in [-0.05, 0) is 31.2 Å². The SMILES string of the molecule is COCCNCCNC(=O)c1cnn(-c2ccc(Br)cc2)c1C. The summed E-state index contributed by atoms with van der Waals surface area (Å²) in [6.45, 7) is 4.58. The van der Waals surface area contributed by atoms with Crippen molar-refractivity contribution in [3.8, 4) is 5.69 Å². The zero-order valence-corrected chi connectivity index (χ0v) is 14.9. The molecular formula is C16H21BrN4O2. The number of carbonyl (C=O) groups excluding carboxylic acids is 1. The molecule has 1 aromatic heterocycles. The molecule has 2 aromatic rings. The Labute approximate surface area is 144 Å². The Bertz CT molecular complexity index is 640. The molecule has 7 heteroatoms. The van der Waals surface area contributed by atoms with Crippen LogP contribution in [0.2, 0.25) is 0 Å². The van der Waals surface area contributed by atoms with Crippen molar-refractivity contribution >= 4 is 21.8 Å². The molecule has 2 rings (SSSR count). The lowest BCUT2D eigenvalue weighted by Crippen LogP contribution is -2.33. The molecule has 1 amide bonds. The molecule has 124 valence electrons. The lowest BCUT2D eigenvalue weighted by molar-refractivity contribution is 0.0953. The van der Waals surface area contributed by atoms with Gasteiger partial charge in [0.2, 0.25) is 0 Å². The maximum Gasteiger partial charge on any atom is 0.254 e. The van der Waals surface area contributed by atoms with E-state index in [1.54, 1.807) is 18.0 Å². The summed E-state index contributed by atoms with van der Waals surface area (Å²) in [6.07, 6.45) is 1.60. The average molecular weight is 381 g/mol. The summed E-state index contributed by atoms with van der Waals surface area (Å²) >= 11 is 3.41. The molecule has 0 aliphatic rings. The Balaban J connectivity index is 1.93. The van der Waals surface area contributed by atoms with E-state index in [4.69, 9.17) is 4.74 Å². The van der Waals surface area contributed by atoms with Gasteiger partial charge in [-0.2, -0.15) is 5.10 Å². The summed E-state index contributed by atoms with van der Waals surface area (Å²) in [5.74, 6) is -0.112. The topological polar surface area (TPSA) is 68.2 Å². The van der Waals surface area contributed by atoms with Gasteiger partial charge >= 0.3 is 0 Å². The second-order valence-corrected chi connectivity index (χ2v) is 5.95. The van der Waals surface area contributed by atoms with E-state index in [1.807, 2.05) is 31.2 Å². The van der Waals surface area contributed by atoms with E-state index >= 15 is 0 Å². The van der Waals surface area contributed by atoms with Crippen LogP contribution in [-0.2, 0) is 4.74 Å². The fourth-order valence-corrected chi connectivity index (χ4v) is 2.40. The van der Waals surface area contributed by atoms with Crippen LogP contribution in [0.15, 0.2) is 34.9 Å². The highest BCUT2D eigenvalue weighted by Gasteiger charge is 2.14. The van der Waals surface area contributed by atoms with Gasteiger partial charge in [0.1, 0.15) is 0 Å². The van der Waals surface area contributed by atoms with Gasteiger partial charge in [0, 0.05) is 31.2 Å². The third-order valence-corrected chi connectivity index (χ3v) is 3.92. The van der Waals surface area contributed by atoms with Gasteiger partial charge in [0.05, 0.1) is 29.7 Å². The first-order valence-electron chi connectivity index (χ1n) is 7.42. The first kappa shape index (κ1) is 17.7. The van der Waals surface area contributed by atoms with Crippen molar-refractivity contribution in [2.45, 2.75) is 6.92 Å². The molecule has 1 aromatic carbocycles. The minimum absolute atomic E-state index is 0.112. The number of rotatable bonds is 8. The van der Waals surface area contributed by atoms with E-state index in [0.29, 0.717) is 25.3 Å². The number of benzene rings is 1. The van der Waals surface area contributed by atoms with Crippen LogP contribution in [0, 0.1) is 6.92 Å². The second kappa shape index (κ2) is 8.81. The van der Waals surface area contributed by atoms with Gasteiger partial charge in [0.15, 0.2) is 0 Å². The molecule has 0 radical (unpaired) electrons. The number of halogens is 1. The molecule has 0 atom stereocenters. The Morgan fingerprint density at radius 1 is 1.26 bits per heavy atom. The number of hydrogen-bond acceptors (Lipinski definition) is 4. The maximum absolute atomic E-state index is 12.2. The molecule has 23 heavy (non-hydrogen) atoms. The van der Waals surface area contributed by atoms with Crippen LogP contribution in [0.1, 0.15) is 16.1 Å². The van der Waals surface area contributed by atoms with Crippen LogP contribution >= 0.6 is 15.9 Å². The van der Waals surface area contributed by atoms with E-state index < -0.39 is 0 Å². The number of nitrogens with zero attached hydrogens (tertiary/aromatic N) is 2. The van der Waals surface area contributed by atoms with E-state index in [-0.39, 0.29) is 5.91 Å². The molecule has 2 N–H and O–H groups in total. The average Bonchev–Trinajstić information content (AvgIpc) is 2.93. The number of methoxy groups -OCH3 is 1. The molecule has 0 aliphatic carbocycles. The fourth-order valence-electron chi connectivity index (χ4n) is 2.13. The molecular weight excluding hydrogens is 360 g/mol. The summed E-state index contributed by atoms with van der Waals surface area (Å²) in [5.41, 5.74) is 2.33. The number of aromatic nitrogens is 2. The minimum Gasteiger partial charge on any atom is -0.383 e. The molecule has 0 bridgehead atoms. The van der Waals surface area contributed by atoms with Gasteiger partial charge in [0.25, 0.3) is 5.91 Å². The van der Waals surface area contributed by atoms with E-state index in [0.717, 1.165) is 22.4 Å². The standard InChI is InChI=1S/C16H21BrN4O2/c1-12-15(16(22)19-8-7-18-9-10-23-2)11-20-21(12)14-5-3-13(17)4-6-14/h3-6,11,18H,7-10H2,1-2H3,(H,19,22). The fraction of sp³-hybridized carbons (Fsp3) is 0.375. The van der Waals surface area contributed by atoms with Crippen molar-refractivity contribution in [3.63, 3.8) is 0 Å². The quantitative estimate of drug-likeness (QED) is 0.686. The zero-order chi connectivity index (χ0) is 16.7. The molecule has 0 unspecified atom stereocenters. The predicted octanol–water partition coefficient (Wildman–Crippen LogP) is 1.91. The monoisotopic (exact) mass is 380 g/mol. The zero-order valence-electron chi connectivity index (χ0n) is 13.3. The highest BCUT2D eigenvalue weighted by molar-refractivity contribution is 9.10. The second-order valence-electron chi connectivity index (χ2n) is 5.03. The number of hydrogen-bond donors (Lipinski definition) is 2. The minimum atomic E-state index is -0.112. The van der Waals surface area contributed by atoms with E-state index in [1.165, 1.54) is 0 Å². The van der Waals surface area contributed by atoms with Crippen molar-refractivity contribution in [1.29, 1.82) is 0 Å². The molecule has 0 saturated heterocycles. The van der Waals surface area contributed by atoms with E-state index in [2.05, 4.69) is 31.7 Å². The molecule has 6 nitrogen and oxygen atoms in total. The van der Waals surface area contributed by atoms with Crippen molar-refractivity contribution < 1.29 is 9.53 Å². The summed E-state index contributed by atoms with van der Waals surface area (Å²) in [7, 11) is 1.66. The summed E-state index contributed by atoms with van der Waals surface area (Å²) in [6, 6.07) is 7.79. The normalized spacial score (nSPS) is 10.7. The Kier molecular flexibility index (Phi) is 6.76. The van der Waals surface area contributed by atoms with Crippen molar-refractivity contribution in [2.75, 3.05) is 33.4 Å². The van der Waals surface area contributed by atoms with Gasteiger partial charge < -0.3 is 15.4 Å². The van der Waals surface area contributed by atoms with Crippen molar-refractivity contribution in [3.05, 3.63) is 46.2 Å². The highest BCUT2D eigenvalue weighted by atomic mass is 79.9. The third-order valence-electron chi connectivity index (χ3n) is 3.40. The highest BCUT2D eigenvalue weighted by Crippen LogP contribution is 2.17. The molecule has 0 saturated carbocycles. The first-order valence-corrected chi connectivity index (χ1v) is 8.21. The van der Waals surface area contributed by atoms with Crippen LogP contribution in [0.3, 0.4) is 0 Å². The van der Waals surface area contributed by atoms with Gasteiger partial charge in [-0.3, -0.25) is 4.79 Å². The Morgan fingerprint density at radius 3 is 2.70 bits per heavy atom. The van der Waals surface area contributed by atoms with Gasteiger partial charge in [-0.15, -0.1) is 0 Å². The first-order chi connectivity index (χ1) is 11.1. The molecule has 0 aliphatic heterocycles. The molecule has 0 spiro atoms. The van der Waals surface area contributed by atoms with Gasteiger partial charge in [-0.25, -0.2) is 4.68 Å².